The number of carbonyl (C=O) groups is 1. The number of benzene rings is 1. The molecule has 1 aromatic carbocycles. The van der Waals surface area contributed by atoms with Crippen molar-refractivity contribution in [3.63, 3.8) is 0 Å². The third-order valence-electron chi connectivity index (χ3n) is 6.17. The van der Waals surface area contributed by atoms with E-state index in [9.17, 15) is 4.79 Å². The fraction of sp³-hybridized carbons (Fsp3) is 0.308. The van der Waals surface area contributed by atoms with Crippen LogP contribution < -0.4 is 5.32 Å². The number of thiophene rings is 1. The first-order valence-electron chi connectivity index (χ1n) is 11.7. The van der Waals surface area contributed by atoms with Gasteiger partial charge in [0, 0.05) is 28.6 Å². The maximum absolute atomic E-state index is 11.5. The SMILES string of the molecule is CC(=O)Nc1cc(-c2cc(C(OCC3CCCC3)c3ccc(Cl)cc3)c(-c3nnc[nH]3)s2)ccn1. The Kier molecular flexibility index (Phi) is 7.22. The van der Waals surface area contributed by atoms with Gasteiger partial charge in [-0.1, -0.05) is 36.6 Å². The smallest absolute Gasteiger partial charge is 0.222 e. The Balaban J connectivity index is 1.57. The molecule has 0 saturated heterocycles. The summed E-state index contributed by atoms with van der Waals surface area (Å²) in [4.78, 5) is 20.9. The molecular formula is C26H26ClN5O2S. The Morgan fingerprint density at radius 2 is 2.03 bits per heavy atom. The molecule has 1 aliphatic rings. The van der Waals surface area contributed by atoms with Crippen LogP contribution in [0.15, 0.2) is 55.0 Å². The number of H-pyrrole nitrogens is 1. The van der Waals surface area contributed by atoms with Gasteiger partial charge in [-0.05, 0) is 60.2 Å². The predicted octanol–water partition coefficient (Wildman–Crippen LogP) is 6.50. The second-order valence-corrected chi connectivity index (χ2v) is 10.2. The van der Waals surface area contributed by atoms with Gasteiger partial charge < -0.3 is 15.0 Å². The fourth-order valence-electron chi connectivity index (χ4n) is 4.49. The molecule has 35 heavy (non-hydrogen) atoms. The summed E-state index contributed by atoms with van der Waals surface area (Å²) in [5.41, 5.74) is 3.00. The monoisotopic (exact) mass is 507 g/mol. The lowest BCUT2D eigenvalue weighted by atomic mass is 10.00. The van der Waals surface area contributed by atoms with Crippen molar-refractivity contribution in [1.29, 1.82) is 0 Å². The number of amides is 1. The Labute approximate surface area is 212 Å². The molecule has 1 fully saturated rings. The van der Waals surface area contributed by atoms with Gasteiger partial charge >= 0.3 is 0 Å². The molecule has 0 radical (unpaired) electrons. The van der Waals surface area contributed by atoms with Crippen LogP contribution in [0.1, 0.15) is 49.8 Å². The third kappa shape index (κ3) is 5.61. The summed E-state index contributed by atoms with van der Waals surface area (Å²) in [7, 11) is 0. The molecule has 3 heterocycles. The molecule has 180 valence electrons. The lowest BCUT2D eigenvalue weighted by molar-refractivity contribution is -0.114. The van der Waals surface area contributed by atoms with Gasteiger partial charge in [0.2, 0.25) is 5.91 Å². The van der Waals surface area contributed by atoms with Gasteiger partial charge in [-0.3, -0.25) is 4.79 Å². The van der Waals surface area contributed by atoms with Crippen LogP contribution in [0.5, 0.6) is 0 Å². The zero-order chi connectivity index (χ0) is 24.2. The van der Waals surface area contributed by atoms with E-state index in [-0.39, 0.29) is 12.0 Å². The predicted molar refractivity (Wildman–Crippen MR) is 138 cm³/mol. The van der Waals surface area contributed by atoms with Gasteiger partial charge in [0.15, 0.2) is 5.82 Å². The normalized spacial score (nSPS) is 14.8. The summed E-state index contributed by atoms with van der Waals surface area (Å²) in [5, 5.41) is 11.7. The number of hydrogen-bond acceptors (Lipinski definition) is 6. The largest absolute Gasteiger partial charge is 0.368 e. The first-order valence-corrected chi connectivity index (χ1v) is 12.9. The Bertz CT molecular complexity index is 1280. The van der Waals surface area contributed by atoms with E-state index in [1.165, 1.54) is 32.6 Å². The van der Waals surface area contributed by atoms with Crippen LogP contribution in [0.2, 0.25) is 5.02 Å². The minimum atomic E-state index is -0.283. The van der Waals surface area contributed by atoms with Gasteiger partial charge in [0.05, 0.1) is 11.5 Å². The number of aromatic amines is 1. The van der Waals surface area contributed by atoms with Crippen molar-refractivity contribution < 1.29 is 9.53 Å². The minimum Gasteiger partial charge on any atom is -0.368 e. The van der Waals surface area contributed by atoms with Gasteiger partial charge in [0.25, 0.3) is 0 Å². The number of carbonyl (C=O) groups excluding carboxylic acids is 1. The molecule has 1 aliphatic carbocycles. The topological polar surface area (TPSA) is 92.8 Å². The van der Waals surface area contributed by atoms with E-state index >= 15 is 0 Å². The second-order valence-electron chi connectivity index (χ2n) is 8.76. The first-order chi connectivity index (χ1) is 17.1. The third-order valence-corrected chi connectivity index (χ3v) is 7.63. The molecule has 1 atom stereocenters. The van der Waals surface area contributed by atoms with Crippen LogP contribution in [0.3, 0.4) is 0 Å². The van der Waals surface area contributed by atoms with Gasteiger partial charge in [0.1, 0.15) is 18.2 Å². The number of pyridine rings is 1. The number of hydrogen-bond donors (Lipinski definition) is 2. The lowest BCUT2D eigenvalue weighted by Crippen LogP contribution is -2.12. The number of aromatic nitrogens is 4. The van der Waals surface area contributed by atoms with Crippen molar-refractivity contribution in [3.8, 4) is 21.1 Å². The van der Waals surface area contributed by atoms with Crippen LogP contribution in [-0.4, -0.2) is 32.7 Å². The van der Waals surface area contributed by atoms with Gasteiger partial charge in [-0.15, -0.1) is 21.5 Å². The Hall–Kier alpha value is -3.07. The molecule has 0 spiro atoms. The quantitative estimate of drug-likeness (QED) is 0.284. The van der Waals surface area contributed by atoms with E-state index < -0.39 is 0 Å². The number of ether oxygens (including phenoxy) is 1. The van der Waals surface area contributed by atoms with E-state index in [1.54, 1.807) is 23.9 Å². The summed E-state index contributed by atoms with van der Waals surface area (Å²) < 4.78 is 6.63. The van der Waals surface area contributed by atoms with Crippen LogP contribution in [-0.2, 0) is 9.53 Å². The van der Waals surface area contributed by atoms with Crippen molar-refractivity contribution in [2.75, 3.05) is 11.9 Å². The van der Waals surface area contributed by atoms with Crippen molar-refractivity contribution in [1.82, 2.24) is 20.2 Å². The van der Waals surface area contributed by atoms with Crippen molar-refractivity contribution in [2.24, 2.45) is 5.92 Å². The standard InChI is InChI=1S/C26H26ClN5O2S/c1-16(33)31-23-12-19(10-11-28-23)22-13-21(25(35-22)26-29-15-30-32-26)24(18-6-8-20(27)9-7-18)34-14-17-4-2-3-5-17/h6-13,15,17,24H,2-5,14H2,1H3,(H,28,31,33)(H,29,30,32). The molecule has 0 bridgehead atoms. The molecule has 3 aromatic heterocycles. The summed E-state index contributed by atoms with van der Waals surface area (Å²) >= 11 is 7.79. The molecule has 4 aromatic rings. The van der Waals surface area contributed by atoms with E-state index in [0.29, 0.717) is 29.2 Å². The molecule has 9 heteroatoms. The van der Waals surface area contributed by atoms with Crippen LogP contribution in [0.4, 0.5) is 5.82 Å². The number of anilines is 1. The first kappa shape index (κ1) is 23.7. The maximum Gasteiger partial charge on any atom is 0.222 e. The van der Waals surface area contributed by atoms with E-state index in [0.717, 1.165) is 26.4 Å². The van der Waals surface area contributed by atoms with Crippen molar-refractivity contribution >= 4 is 34.7 Å². The molecule has 1 amide bonds. The summed E-state index contributed by atoms with van der Waals surface area (Å²) in [6.07, 6.45) is 7.95. The molecule has 1 saturated carbocycles. The average Bonchev–Trinajstić information content (AvgIpc) is 3.62. The zero-order valence-electron chi connectivity index (χ0n) is 19.3. The minimum absolute atomic E-state index is 0.160. The summed E-state index contributed by atoms with van der Waals surface area (Å²) in [6, 6.07) is 13.8. The highest BCUT2D eigenvalue weighted by Gasteiger charge is 2.26. The number of nitrogens with one attached hydrogen (secondary N) is 2. The molecule has 0 aliphatic heterocycles. The molecule has 1 unspecified atom stereocenters. The highest BCUT2D eigenvalue weighted by atomic mass is 35.5. The van der Waals surface area contributed by atoms with E-state index in [2.05, 4.69) is 31.5 Å². The van der Waals surface area contributed by atoms with Gasteiger partial charge in [-0.2, -0.15) is 0 Å². The summed E-state index contributed by atoms with van der Waals surface area (Å²) in [5.74, 6) is 1.62. The average molecular weight is 508 g/mol. The van der Waals surface area contributed by atoms with Crippen molar-refractivity contribution in [3.05, 3.63) is 71.1 Å². The number of rotatable bonds is 8. The maximum atomic E-state index is 11.5. The van der Waals surface area contributed by atoms with Crippen LogP contribution in [0, 0.1) is 5.92 Å². The van der Waals surface area contributed by atoms with Crippen LogP contribution in [0.25, 0.3) is 21.1 Å². The second kappa shape index (κ2) is 10.7. The lowest BCUT2D eigenvalue weighted by Gasteiger charge is -2.21. The molecule has 7 nitrogen and oxygen atoms in total. The zero-order valence-corrected chi connectivity index (χ0v) is 20.9. The Morgan fingerprint density at radius 1 is 1.23 bits per heavy atom. The molecule has 2 N–H and O–H groups in total. The van der Waals surface area contributed by atoms with Crippen LogP contribution >= 0.6 is 22.9 Å². The van der Waals surface area contributed by atoms with Gasteiger partial charge in [-0.25, -0.2) is 4.98 Å². The van der Waals surface area contributed by atoms with Crippen molar-refractivity contribution in [2.45, 2.75) is 38.7 Å². The fourth-order valence-corrected chi connectivity index (χ4v) is 5.75. The highest BCUT2D eigenvalue weighted by molar-refractivity contribution is 7.19. The Morgan fingerprint density at radius 3 is 2.74 bits per heavy atom. The van der Waals surface area contributed by atoms with E-state index in [1.807, 2.05) is 36.4 Å². The number of nitrogens with zero attached hydrogens (tertiary/aromatic N) is 3. The van der Waals surface area contributed by atoms with E-state index in [4.69, 9.17) is 16.3 Å². The summed E-state index contributed by atoms with van der Waals surface area (Å²) in [6.45, 7) is 2.17. The molecule has 5 rings (SSSR count). The highest BCUT2D eigenvalue weighted by Crippen LogP contribution is 2.43. The molecular weight excluding hydrogens is 482 g/mol. The number of halogens is 1.